The number of aliphatic hydroxyl groups excluding tert-OH is 1. The molecule has 1 aromatic carbocycles. The second-order valence-corrected chi connectivity index (χ2v) is 5.39. The fraction of sp³-hybridized carbons (Fsp3) is 0.471. The normalized spacial score (nSPS) is 12.4. The molecule has 0 aliphatic rings. The molecule has 0 spiro atoms. The van der Waals surface area contributed by atoms with E-state index >= 15 is 0 Å². The molecule has 0 aliphatic heterocycles. The molecule has 2 N–H and O–H groups in total. The van der Waals surface area contributed by atoms with Gasteiger partial charge in [0.1, 0.15) is 0 Å². The lowest BCUT2D eigenvalue weighted by molar-refractivity contribution is 0.171. The van der Waals surface area contributed by atoms with Gasteiger partial charge in [-0.15, -0.1) is 0 Å². The number of hydrogen-bond donors (Lipinski definition) is 2. The number of rotatable bonds is 8. The van der Waals surface area contributed by atoms with Crippen LogP contribution in [-0.4, -0.2) is 34.6 Å². The maximum atomic E-state index is 10.1. The molecule has 0 saturated heterocycles. The van der Waals surface area contributed by atoms with Gasteiger partial charge in [-0.05, 0) is 18.4 Å². The van der Waals surface area contributed by atoms with Crippen LogP contribution in [0.2, 0.25) is 0 Å². The maximum Gasteiger partial charge on any atom is 0.216 e. The number of aryl methyl sites for hydroxylation is 2. The highest BCUT2D eigenvalue weighted by Gasteiger charge is 2.15. The molecule has 1 atom stereocenters. The molecule has 2 rings (SSSR count). The van der Waals surface area contributed by atoms with Crippen molar-refractivity contribution in [2.24, 2.45) is 7.05 Å². The number of methoxy groups -OCH3 is 1. The zero-order chi connectivity index (χ0) is 15.9. The third kappa shape index (κ3) is 4.08. The van der Waals surface area contributed by atoms with Crippen molar-refractivity contribution < 1.29 is 9.84 Å². The molecular weight excluding hydrogens is 278 g/mol. The van der Waals surface area contributed by atoms with Crippen molar-refractivity contribution in [2.45, 2.75) is 32.4 Å². The molecule has 1 heterocycles. The van der Waals surface area contributed by atoms with E-state index in [1.54, 1.807) is 11.8 Å². The third-order valence-electron chi connectivity index (χ3n) is 3.70. The molecule has 0 saturated carbocycles. The van der Waals surface area contributed by atoms with Gasteiger partial charge >= 0.3 is 0 Å². The van der Waals surface area contributed by atoms with Crippen LogP contribution in [0.1, 0.15) is 23.7 Å². The van der Waals surface area contributed by atoms with Gasteiger partial charge in [0.25, 0.3) is 0 Å². The van der Waals surface area contributed by atoms with E-state index in [0.29, 0.717) is 19.5 Å². The Kier molecular flexibility index (Phi) is 5.98. The first-order valence-electron chi connectivity index (χ1n) is 7.67. The standard InChI is InChI=1S/C17H25N3O2/c1-4-16-15(17(22-3)20(2)19-16)12-18-11-14(21)10-13-8-6-5-7-9-13/h5-9,14,18,21H,4,10-12H2,1-3H3. The molecule has 1 aromatic heterocycles. The zero-order valence-electron chi connectivity index (χ0n) is 13.5. The summed E-state index contributed by atoms with van der Waals surface area (Å²) in [5.41, 5.74) is 3.24. The molecular formula is C17H25N3O2. The molecule has 0 amide bonds. The van der Waals surface area contributed by atoms with E-state index in [-0.39, 0.29) is 0 Å². The first kappa shape index (κ1) is 16.5. The Morgan fingerprint density at radius 2 is 2.05 bits per heavy atom. The number of aliphatic hydroxyl groups is 1. The minimum absolute atomic E-state index is 0.407. The molecule has 5 nitrogen and oxygen atoms in total. The van der Waals surface area contributed by atoms with Gasteiger partial charge in [0.15, 0.2) is 0 Å². The molecule has 0 bridgehead atoms. The third-order valence-corrected chi connectivity index (χ3v) is 3.70. The summed E-state index contributed by atoms with van der Waals surface area (Å²) in [5.74, 6) is 0.780. The Balaban J connectivity index is 1.88. The number of benzene rings is 1. The van der Waals surface area contributed by atoms with Crippen molar-refractivity contribution in [3.63, 3.8) is 0 Å². The molecule has 0 fully saturated rings. The van der Waals surface area contributed by atoms with Crippen LogP contribution < -0.4 is 10.1 Å². The van der Waals surface area contributed by atoms with Crippen molar-refractivity contribution in [3.05, 3.63) is 47.2 Å². The number of aromatic nitrogens is 2. The Hall–Kier alpha value is -1.85. The van der Waals surface area contributed by atoms with Crippen LogP contribution in [0.25, 0.3) is 0 Å². The quantitative estimate of drug-likeness (QED) is 0.779. The average Bonchev–Trinajstić information content (AvgIpc) is 2.83. The number of nitrogens with zero attached hydrogens (tertiary/aromatic N) is 2. The van der Waals surface area contributed by atoms with Crippen LogP contribution in [0, 0.1) is 0 Å². The van der Waals surface area contributed by atoms with Gasteiger partial charge in [-0.2, -0.15) is 5.10 Å². The van der Waals surface area contributed by atoms with Crippen molar-refractivity contribution in [1.82, 2.24) is 15.1 Å². The molecule has 2 aromatic rings. The summed E-state index contributed by atoms with van der Waals surface area (Å²) >= 11 is 0. The number of hydrogen-bond acceptors (Lipinski definition) is 4. The first-order valence-corrected chi connectivity index (χ1v) is 7.67. The monoisotopic (exact) mass is 303 g/mol. The van der Waals surface area contributed by atoms with Crippen LogP contribution in [0.4, 0.5) is 0 Å². The molecule has 22 heavy (non-hydrogen) atoms. The van der Waals surface area contributed by atoms with E-state index in [9.17, 15) is 5.11 Å². The molecule has 0 aliphatic carbocycles. The molecule has 120 valence electrons. The minimum atomic E-state index is -0.407. The number of ether oxygens (including phenoxy) is 1. The summed E-state index contributed by atoms with van der Waals surface area (Å²) in [6.45, 7) is 3.26. The smallest absolute Gasteiger partial charge is 0.216 e. The minimum Gasteiger partial charge on any atom is -0.481 e. The summed E-state index contributed by atoms with van der Waals surface area (Å²) in [6, 6.07) is 10.0. The van der Waals surface area contributed by atoms with E-state index < -0.39 is 6.10 Å². The van der Waals surface area contributed by atoms with Crippen LogP contribution in [-0.2, 0) is 26.4 Å². The largest absolute Gasteiger partial charge is 0.481 e. The Labute approximate surface area is 131 Å². The number of nitrogens with one attached hydrogen (secondary N) is 1. The molecule has 5 heteroatoms. The average molecular weight is 303 g/mol. The summed E-state index contributed by atoms with van der Waals surface area (Å²) in [5, 5.41) is 17.9. The van der Waals surface area contributed by atoms with E-state index in [2.05, 4.69) is 17.3 Å². The predicted octanol–water partition coefficient (Wildman–Crippen LogP) is 1.68. The summed E-state index contributed by atoms with van der Waals surface area (Å²) in [7, 11) is 3.54. The summed E-state index contributed by atoms with van der Waals surface area (Å²) < 4.78 is 7.17. The second-order valence-electron chi connectivity index (χ2n) is 5.39. The lowest BCUT2D eigenvalue weighted by Crippen LogP contribution is -2.28. The van der Waals surface area contributed by atoms with E-state index in [4.69, 9.17) is 4.74 Å². The first-order chi connectivity index (χ1) is 10.7. The van der Waals surface area contributed by atoms with Crippen molar-refractivity contribution in [1.29, 1.82) is 0 Å². The highest BCUT2D eigenvalue weighted by Crippen LogP contribution is 2.21. The summed E-state index contributed by atoms with van der Waals surface area (Å²) in [6.07, 6.45) is 1.11. The van der Waals surface area contributed by atoms with E-state index in [0.717, 1.165) is 29.1 Å². The lowest BCUT2D eigenvalue weighted by atomic mass is 10.1. The van der Waals surface area contributed by atoms with Gasteiger partial charge < -0.3 is 15.2 Å². The van der Waals surface area contributed by atoms with Crippen molar-refractivity contribution in [3.8, 4) is 5.88 Å². The Morgan fingerprint density at radius 1 is 1.32 bits per heavy atom. The van der Waals surface area contributed by atoms with Gasteiger partial charge in [0, 0.05) is 20.1 Å². The summed E-state index contributed by atoms with van der Waals surface area (Å²) in [4.78, 5) is 0. The zero-order valence-corrected chi connectivity index (χ0v) is 13.5. The second kappa shape index (κ2) is 7.96. The highest BCUT2D eigenvalue weighted by atomic mass is 16.5. The van der Waals surface area contributed by atoms with Crippen molar-refractivity contribution >= 4 is 0 Å². The van der Waals surface area contributed by atoms with Crippen LogP contribution >= 0.6 is 0 Å². The van der Waals surface area contributed by atoms with Crippen molar-refractivity contribution in [2.75, 3.05) is 13.7 Å². The Morgan fingerprint density at radius 3 is 2.68 bits per heavy atom. The molecule has 1 unspecified atom stereocenters. The van der Waals surface area contributed by atoms with Gasteiger partial charge in [0.2, 0.25) is 5.88 Å². The van der Waals surface area contributed by atoms with Gasteiger partial charge in [-0.3, -0.25) is 0 Å². The SMILES string of the molecule is CCc1nn(C)c(OC)c1CNCC(O)Cc1ccccc1. The topological polar surface area (TPSA) is 59.3 Å². The highest BCUT2D eigenvalue weighted by molar-refractivity contribution is 5.31. The van der Waals surface area contributed by atoms with E-state index in [1.807, 2.05) is 37.4 Å². The predicted molar refractivity (Wildman–Crippen MR) is 87.0 cm³/mol. The fourth-order valence-electron chi connectivity index (χ4n) is 2.64. The maximum absolute atomic E-state index is 10.1. The fourth-order valence-corrected chi connectivity index (χ4v) is 2.64. The van der Waals surface area contributed by atoms with E-state index in [1.165, 1.54) is 0 Å². The Bertz CT molecular complexity index is 581. The van der Waals surface area contributed by atoms with Gasteiger partial charge in [0.05, 0.1) is 24.5 Å². The van der Waals surface area contributed by atoms with Gasteiger partial charge in [-0.1, -0.05) is 37.3 Å². The van der Waals surface area contributed by atoms with Crippen LogP contribution in [0.5, 0.6) is 5.88 Å². The lowest BCUT2D eigenvalue weighted by Gasteiger charge is -2.12. The van der Waals surface area contributed by atoms with Crippen LogP contribution in [0.15, 0.2) is 30.3 Å². The van der Waals surface area contributed by atoms with Crippen LogP contribution in [0.3, 0.4) is 0 Å². The van der Waals surface area contributed by atoms with Gasteiger partial charge in [-0.25, -0.2) is 4.68 Å². The molecule has 0 radical (unpaired) electrons.